The van der Waals surface area contributed by atoms with Gasteiger partial charge in [-0.25, -0.2) is 0 Å². The van der Waals surface area contributed by atoms with E-state index in [1.807, 2.05) is 11.8 Å². The summed E-state index contributed by atoms with van der Waals surface area (Å²) < 4.78 is 0. The van der Waals surface area contributed by atoms with Crippen LogP contribution < -0.4 is 5.32 Å². The Hall–Kier alpha value is -1.08. The number of nitriles is 1. The Kier molecular flexibility index (Phi) is 5.13. The van der Waals surface area contributed by atoms with Gasteiger partial charge < -0.3 is 10.2 Å². The number of carbonyl (C=O) groups is 1. The molecule has 1 amide bonds. The summed E-state index contributed by atoms with van der Waals surface area (Å²) in [5.74, 6) is 0.114. The molecule has 1 N–H and O–H groups in total. The second-order valence-corrected chi connectivity index (χ2v) is 3.93. The lowest BCUT2D eigenvalue weighted by Gasteiger charge is -2.17. The lowest BCUT2D eigenvalue weighted by Crippen LogP contribution is -2.36. The van der Waals surface area contributed by atoms with Gasteiger partial charge >= 0.3 is 0 Å². The maximum atomic E-state index is 11.7. The molecule has 1 unspecified atom stereocenters. The molecular formula is C11H19N3O. The Bertz CT molecular complexity index is 241. The van der Waals surface area contributed by atoms with Crippen molar-refractivity contribution in [2.45, 2.75) is 38.6 Å². The van der Waals surface area contributed by atoms with Gasteiger partial charge in [0.1, 0.15) is 6.04 Å². The smallest absolute Gasteiger partial charge is 0.225 e. The highest BCUT2D eigenvalue weighted by atomic mass is 16.2. The number of hydrogen-bond donors (Lipinski definition) is 1. The maximum Gasteiger partial charge on any atom is 0.225 e. The minimum Gasteiger partial charge on any atom is -0.343 e. The average molecular weight is 209 g/mol. The monoisotopic (exact) mass is 209 g/mol. The van der Waals surface area contributed by atoms with Crippen molar-refractivity contribution in [2.24, 2.45) is 0 Å². The summed E-state index contributed by atoms with van der Waals surface area (Å²) in [6, 6.07) is 1.81. The van der Waals surface area contributed by atoms with Crippen molar-refractivity contribution in [2.75, 3.05) is 19.6 Å². The zero-order valence-electron chi connectivity index (χ0n) is 9.33. The zero-order valence-corrected chi connectivity index (χ0v) is 9.33. The second-order valence-electron chi connectivity index (χ2n) is 3.93. The third-order valence-electron chi connectivity index (χ3n) is 2.63. The van der Waals surface area contributed by atoms with Crippen molar-refractivity contribution in [3.8, 4) is 6.07 Å². The van der Waals surface area contributed by atoms with Crippen LogP contribution in [0.25, 0.3) is 0 Å². The highest BCUT2D eigenvalue weighted by Gasteiger charge is 2.20. The van der Waals surface area contributed by atoms with E-state index in [4.69, 9.17) is 5.26 Å². The van der Waals surface area contributed by atoms with Crippen LogP contribution in [0.5, 0.6) is 0 Å². The predicted molar refractivity (Wildman–Crippen MR) is 58.1 cm³/mol. The summed E-state index contributed by atoms with van der Waals surface area (Å²) in [7, 11) is 0. The van der Waals surface area contributed by atoms with Crippen LogP contribution in [0.4, 0.5) is 0 Å². The number of nitrogens with zero attached hydrogens (tertiary/aromatic N) is 2. The number of likely N-dealkylation sites (tertiary alicyclic amines) is 1. The molecule has 4 heteroatoms. The third-order valence-corrected chi connectivity index (χ3v) is 2.63. The lowest BCUT2D eigenvalue weighted by molar-refractivity contribution is -0.130. The molecule has 0 aromatic heterocycles. The van der Waals surface area contributed by atoms with Crippen LogP contribution in [-0.4, -0.2) is 36.5 Å². The van der Waals surface area contributed by atoms with Gasteiger partial charge in [0.2, 0.25) is 5.91 Å². The van der Waals surface area contributed by atoms with E-state index in [2.05, 4.69) is 11.4 Å². The van der Waals surface area contributed by atoms with Crippen molar-refractivity contribution in [1.29, 1.82) is 5.26 Å². The summed E-state index contributed by atoms with van der Waals surface area (Å²) in [6.45, 7) is 4.57. The van der Waals surface area contributed by atoms with Gasteiger partial charge in [-0.15, -0.1) is 0 Å². The highest BCUT2D eigenvalue weighted by molar-refractivity contribution is 5.77. The van der Waals surface area contributed by atoms with Gasteiger partial charge in [0.05, 0.1) is 12.5 Å². The number of rotatable bonds is 5. The minimum absolute atomic E-state index is 0.114. The summed E-state index contributed by atoms with van der Waals surface area (Å²) in [4.78, 5) is 13.6. The first-order chi connectivity index (χ1) is 7.27. The Morgan fingerprint density at radius 3 is 2.73 bits per heavy atom. The van der Waals surface area contributed by atoms with Crippen molar-refractivity contribution >= 4 is 5.91 Å². The lowest BCUT2D eigenvalue weighted by atomic mass is 10.2. The van der Waals surface area contributed by atoms with Crippen LogP contribution in [0.3, 0.4) is 0 Å². The number of carbonyl (C=O) groups excluding carboxylic acids is 1. The Labute approximate surface area is 91.2 Å². The largest absolute Gasteiger partial charge is 0.343 e. The summed E-state index contributed by atoms with van der Waals surface area (Å²) in [5, 5.41) is 11.9. The Morgan fingerprint density at radius 1 is 1.53 bits per heavy atom. The topological polar surface area (TPSA) is 56.1 Å². The number of hydrogen-bond acceptors (Lipinski definition) is 3. The molecule has 0 radical (unpaired) electrons. The van der Waals surface area contributed by atoms with Crippen LogP contribution in [0.1, 0.15) is 32.6 Å². The fourth-order valence-electron chi connectivity index (χ4n) is 1.75. The van der Waals surface area contributed by atoms with Crippen LogP contribution in [0, 0.1) is 11.3 Å². The molecule has 0 bridgehead atoms. The van der Waals surface area contributed by atoms with E-state index in [1.165, 1.54) is 0 Å². The van der Waals surface area contributed by atoms with Gasteiger partial charge in [0.15, 0.2) is 0 Å². The molecule has 0 spiro atoms. The minimum atomic E-state index is -0.321. The van der Waals surface area contributed by atoms with E-state index in [-0.39, 0.29) is 11.9 Å². The molecule has 1 aliphatic heterocycles. The quantitative estimate of drug-likeness (QED) is 0.731. The third kappa shape index (κ3) is 3.88. The van der Waals surface area contributed by atoms with Crippen LogP contribution in [-0.2, 0) is 4.79 Å². The van der Waals surface area contributed by atoms with Crippen LogP contribution >= 0.6 is 0 Å². The molecule has 1 fully saturated rings. The van der Waals surface area contributed by atoms with Gasteiger partial charge in [-0.1, -0.05) is 6.92 Å². The first kappa shape index (κ1) is 12.0. The summed E-state index contributed by atoms with van der Waals surface area (Å²) in [5.41, 5.74) is 0. The molecule has 15 heavy (non-hydrogen) atoms. The summed E-state index contributed by atoms with van der Waals surface area (Å²) in [6.07, 6.45) is 3.50. The molecule has 1 heterocycles. The van der Waals surface area contributed by atoms with E-state index in [9.17, 15) is 4.79 Å². The molecule has 84 valence electrons. The fraction of sp³-hybridized carbons (Fsp3) is 0.818. The first-order valence-electron chi connectivity index (χ1n) is 5.68. The van der Waals surface area contributed by atoms with Crippen LogP contribution in [0.15, 0.2) is 0 Å². The first-order valence-corrected chi connectivity index (χ1v) is 5.68. The second kappa shape index (κ2) is 6.41. The molecule has 0 saturated carbocycles. The highest BCUT2D eigenvalue weighted by Crippen LogP contribution is 2.09. The van der Waals surface area contributed by atoms with Gasteiger partial charge in [0.25, 0.3) is 0 Å². The molecule has 1 atom stereocenters. The van der Waals surface area contributed by atoms with Crippen molar-refractivity contribution in [1.82, 2.24) is 10.2 Å². The molecule has 1 saturated heterocycles. The summed E-state index contributed by atoms with van der Waals surface area (Å²) >= 11 is 0. The van der Waals surface area contributed by atoms with Crippen molar-refractivity contribution < 1.29 is 4.79 Å². The molecule has 0 aliphatic carbocycles. The predicted octanol–water partition coefficient (Wildman–Crippen LogP) is 0.891. The van der Waals surface area contributed by atoms with E-state index in [1.54, 1.807) is 0 Å². The normalized spacial score (nSPS) is 17.5. The van der Waals surface area contributed by atoms with E-state index >= 15 is 0 Å². The van der Waals surface area contributed by atoms with Crippen molar-refractivity contribution in [3.63, 3.8) is 0 Å². The van der Waals surface area contributed by atoms with Gasteiger partial charge in [-0.3, -0.25) is 4.79 Å². The molecule has 1 aliphatic rings. The van der Waals surface area contributed by atoms with Gasteiger partial charge in [-0.2, -0.15) is 5.26 Å². The molecule has 4 nitrogen and oxygen atoms in total. The molecule has 0 aromatic rings. The van der Waals surface area contributed by atoms with E-state index < -0.39 is 0 Å². The standard InChI is InChI=1S/C11H19N3O/c1-2-5-13-10(9-12)8-11(15)14-6-3-4-7-14/h10,13H,2-8H2,1H3. The Morgan fingerprint density at radius 2 is 2.20 bits per heavy atom. The molecular weight excluding hydrogens is 190 g/mol. The van der Waals surface area contributed by atoms with Crippen molar-refractivity contribution in [3.05, 3.63) is 0 Å². The SMILES string of the molecule is CCCNC(C#N)CC(=O)N1CCCC1. The number of amides is 1. The molecule has 0 aromatic carbocycles. The average Bonchev–Trinajstić information content (AvgIpc) is 2.77. The van der Waals surface area contributed by atoms with E-state index in [0.717, 1.165) is 38.9 Å². The fourth-order valence-corrected chi connectivity index (χ4v) is 1.75. The van der Waals surface area contributed by atoms with Gasteiger partial charge in [-0.05, 0) is 25.8 Å². The van der Waals surface area contributed by atoms with Gasteiger partial charge in [0, 0.05) is 13.1 Å². The van der Waals surface area contributed by atoms with E-state index in [0.29, 0.717) is 6.42 Å². The molecule has 1 rings (SSSR count). The zero-order chi connectivity index (χ0) is 11.1. The maximum absolute atomic E-state index is 11.7. The Balaban J connectivity index is 2.31. The van der Waals surface area contributed by atoms with Crippen LogP contribution in [0.2, 0.25) is 0 Å². The number of nitrogens with one attached hydrogen (secondary N) is 1.